The lowest BCUT2D eigenvalue weighted by Crippen LogP contribution is -2.29. The Morgan fingerprint density at radius 1 is 1.03 bits per heavy atom. The summed E-state index contributed by atoms with van der Waals surface area (Å²) in [5.41, 5.74) is 1.62. The van der Waals surface area contributed by atoms with Crippen LogP contribution in [-0.4, -0.2) is 36.2 Å². The van der Waals surface area contributed by atoms with Gasteiger partial charge >= 0.3 is 5.91 Å². The van der Waals surface area contributed by atoms with Gasteiger partial charge in [-0.15, -0.1) is 0 Å². The predicted octanol–water partition coefficient (Wildman–Crippen LogP) is 3.93. The molecule has 0 radical (unpaired) electrons. The van der Waals surface area contributed by atoms with Crippen molar-refractivity contribution in [1.29, 1.82) is 0 Å². The van der Waals surface area contributed by atoms with Crippen LogP contribution in [0.1, 0.15) is 28.5 Å². The zero-order valence-corrected chi connectivity index (χ0v) is 18.1. The summed E-state index contributed by atoms with van der Waals surface area (Å²) in [4.78, 5) is 27.5. The molecule has 164 valence electrons. The molecule has 1 saturated heterocycles. The van der Waals surface area contributed by atoms with Crippen LogP contribution in [-0.2, 0) is 9.59 Å². The van der Waals surface area contributed by atoms with Gasteiger partial charge in [-0.05, 0) is 43.7 Å². The van der Waals surface area contributed by atoms with Crippen molar-refractivity contribution in [1.82, 2.24) is 5.16 Å². The number of rotatable bonds is 5. The van der Waals surface area contributed by atoms with E-state index in [4.69, 9.17) is 14.0 Å². The Morgan fingerprint density at radius 3 is 2.38 bits per heavy atom. The molecule has 0 saturated carbocycles. The number of hydrogen-bond acceptors (Lipinski definition) is 7. The van der Waals surface area contributed by atoms with E-state index >= 15 is 0 Å². The third-order valence-corrected chi connectivity index (χ3v) is 5.41. The van der Waals surface area contributed by atoms with Gasteiger partial charge in [0.1, 0.15) is 29.1 Å². The SMILES string of the molecule is COc1ccc(/C(O)=C2\C(=O)C(=O)N(c3cc(C)on3)[C@@H]2c2ccccc2OC)cc1C. The minimum absolute atomic E-state index is 0.0651. The molecule has 8 heteroatoms. The van der Waals surface area contributed by atoms with E-state index in [1.807, 2.05) is 6.92 Å². The van der Waals surface area contributed by atoms with E-state index in [1.54, 1.807) is 62.6 Å². The van der Waals surface area contributed by atoms with Crippen LogP contribution < -0.4 is 14.4 Å². The molecule has 32 heavy (non-hydrogen) atoms. The number of para-hydroxylation sites is 1. The number of hydrogen-bond donors (Lipinski definition) is 1. The van der Waals surface area contributed by atoms with Crippen LogP contribution in [0, 0.1) is 13.8 Å². The number of aliphatic hydroxyl groups excluding tert-OH is 1. The maximum absolute atomic E-state index is 13.2. The second kappa shape index (κ2) is 8.22. The Balaban J connectivity index is 1.97. The average Bonchev–Trinajstić information content (AvgIpc) is 3.33. The van der Waals surface area contributed by atoms with Gasteiger partial charge in [0.15, 0.2) is 5.82 Å². The predicted molar refractivity (Wildman–Crippen MR) is 117 cm³/mol. The molecule has 1 aromatic heterocycles. The Morgan fingerprint density at radius 2 is 1.75 bits per heavy atom. The minimum Gasteiger partial charge on any atom is -0.507 e. The molecule has 1 aliphatic rings. The highest BCUT2D eigenvalue weighted by atomic mass is 16.5. The van der Waals surface area contributed by atoms with Gasteiger partial charge in [-0.25, -0.2) is 0 Å². The van der Waals surface area contributed by atoms with Gasteiger partial charge in [0, 0.05) is 17.2 Å². The largest absolute Gasteiger partial charge is 0.507 e. The minimum atomic E-state index is -0.960. The van der Waals surface area contributed by atoms with Crippen LogP contribution in [0.15, 0.2) is 58.6 Å². The normalized spacial score (nSPS) is 17.6. The summed E-state index contributed by atoms with van der Waals surface area (Å²) in [5.74, 6) is -0.194. The van der Waals surface area contributed by atoms with Crippen LogP contribution in [0.3, 0.4) is 0 Å². The lowest BCUT2D eigenvalue weighted by atomic mass is 9.94. The smallest absolute Gasteiger partial charge is 0.301 e. The summed E-state index contributed by atoms with van der Waals surface area (Å²) in [7, 11) is 3.05. The van der Waals surface area contributed by atoms with Crippen LogP contribution >= 0.6 is 0 Å². The molecule has 1 fully saturated rings. The lowest BCUT2D eigenvalue weighted by Gasteiger charge is -2.24. The molecular weight excluding hydrogens is 412 g/mol. The van der Waals surface area contributed by atoms with Crippen molar-refractivity contribution in [2.75, 3.05) is 19.1 Å². The Bertz CT molecular complexity index is 1240. The van der Waals surface area contributed by atoms with Crippen molar-refractivity contribution < 1.29 is 28.7 Å². The summed E-state index contributed by atoms with van der Waals surface area (Å²) in [6, 6.07) is 12.6. The van der Waals surface area contributed by atoms with E-state index in [2.05, 4.69) is 5.16 Å². The fourth-order valence-electron chi connectivity index (χ4n) is 3.90. The lowest BCUT2D eigenvalue weighted by molar-refractivity contribution is -0.132. The van der Waals surface area contributed by atoms with Crippen molar-refractivity contribution in [3.05, 3.63) is 76.6 Å². The summed E-state index contributed by atoms with van der Waals surface area (Å²) < 4.78 is 15.9. The zero-order chi connectivity index (χ0) is 23.0. The average molecular weight is 434 g/mol. The van der Waals surface area contributed by atoms with Crippen molar-refractivity contribution in [3.8, 4) is 11.5 Å². The van der Waals surface area contributed by atoms with E-state index in [0.29, 0.717) is 28.4 Å². The Labute approximate surface area is 184 Å². The van der Waals surface area contributed by atoms with Crippen LogP contribution in [0.25, 0.3) is 5.76 Å². The first kappa shape index (κ1) is 21.2. The highest BCUT2D eigenvalue weighted by Crippen LogP contribution is 2.44. The van der Waals surface area contributed by atoms with Gasteiger partial charge in [0.05, 0.1) is 19.8 Å². The first-order chi connectivity index (χ1) is 15.4. The van der Waals surface area contributed by atoms with Crippen LogP contribution in [0.4, 0.5) is 5.82 Å². The Hall–Kier alpha value is -4.07. The number of ether oxygens (including phenoxy) is 2. The van der Waals surface area contributed by atoms with Gasteiger partial charge in [0.2, 0.25) is 0 Å². The molecule has 0 unspecified atom stereocenters. The second-order valence-corrected chi connectivity index (χ2v) is 7.39. The second-order valence-electron chi connectivity index (χ2n) is 7.39. The van der Waals surface area contributed by atoms with E-state index in [-0.39, 0.29) is 17.2 Å². The van der Waals surface area contributed by atoms with Crippen molar-refractivity contribution in [2.45, 2.75) is 19.9 Å². The molecule has 0 bridgehead atoms. The molecule has 4 rings (SSSR count). The molecule has 3 aromatic rings. The zero-order valence-electron chi connectivity index (χ0n) is 18.1. The molecule has 0 aliphatic carbocycles. The van der Waals surface area contributed by atoms with Gasteiger partial charge in [-0.1, -0.05) is 23.4 Å². The highest BCUT2D eigenvalue weighted by Gasteiger charge is 2.49. The number of aryl methyl sites for hydroxylation is 2. The van der Waals surface area contributed by atoms with Crippen LogP contribution in [0.2, 0.25) is 0 Å². The number of amides is 1. The number of nitrogens with zero attached hydrogens (tertiary/aromatic N) is 2. The number of Topliss-reactive ketones (excluding diaryl/α,β-unsaturated/α-hetero) is 1. The summed E-state index contributed by atoms with van der Waals surface area (Å²) in [5, 5.41) is 15.1. The topological polar surface area (TPSA) is 102 Å². The van der Waals surface area contributed by atoms with Crippen molar-refractivity contribution >= 4 is 23.3 Å². The maximum Gasteiger partial charge on any atom is 0.301 e. The quantitative estimate of drug-likeness (QED) is 0.369. The maximum atomic E-state index is 13.2. The van der Waals surface area contributed by atoms with Gasteiger partial charge in [-0.2, -0.15) is 0 Å². The first-order valence-electron chi connectivity index (χ1n) is 9.89. The molecule has 2 heterocycles. The number of benzene rings is 2. The molecule has 1 N–H and O–H groups in total. The van der Waals surface area contributed by atoms with E-state index in [1.165, 1.54) is 12.0 Å². The number of anilines is 1. The standard InChI is InChI=1S/C24H22N2O6/c1-13-11-15(9-10-17(13)30-3)22(27)20-21(16-7-5-6-8-18(16)31-4)26(24(29)23(20)28)19-12-14(2)32-25-19/h5-12,21,27H,1-4H3/b22-20+/t21-/m1/s1. The molecule has 8 nitrogen and oxygen atoms in total. The molecule has 0 spiro atoms. The number of ketones is 1. The van der Waals surface area contributed by atoms with Gasteiger partial charge in [-0.3, -0.25) is 14.5 Å². The third kappa shape index (κ3) is 3.39. The fourth-order valence-corrected chi connectivity index (χ4v) is 3.90. The van der Waals surface area contributed by atoms with Gasteiger partial charge < -0.3 is 19.1 Å². The van der Waals surface area contributed by atoms with Crippen molar-refractivity contribution in [3.63, 3.8) is 0 Å². The summed E-state index contributed by atoms with van der Waals surface area (Å²) in [6.45, 7) is 3.51. The number of methoxy groups -OCH3 is 2. The molecule has 2 aromatic carbocycles. The van der Waals surface area contributed by atoms with Crippen LogP contribution in [0.5, 0.6) is 11.5 Å². The summed E-state index contributed by atoms with van der Waals surface area (Å²) >= 11 is 0. The molecule has 1 amide bonds. The monoisotopic (exact) mass is 434 g/mol. The summed E-state index contributed by atoms with van der Waals surface area (Å²) in [6.07, 6.45) is 0. The van der Waals surface area contributed by atoms with E-state index < -0.39 is 17.7 Å². The number of carbonyl (C=O) groups excluding carboxylic acids is 2. The molecule has 1 atom stereocenters. The number of aromatic nitrogens is 1. The molecule has 1 aliphatic heterocycles. The third-order valence-electron chi connectivity index (χ3n) is 5.41. The molecular formula is C24H22N2O6. The Kier molecular flexibility index (Phi) is 5.44. The van der Waals surface area contributed by atoms with Crippen molar-refractivity contribution in [2.24, 2.45) is 0 Å². The highest BCUT2D eigenvalue weighted by molar-refractivity contribution is 6.51. The van der Waals surface area contributed by atoms with Gasteiger partial charge in [0.25, 0.3) is 5.78 Å². The van der Waals surface area contributed by atoms with E-state index in [0.717, 1.165) is 5.56 Å². The number of aliphatic hydroxyl groups is 1. The number of carbonyl (C=O) groups is 2. The fraction of sp³-hybridized carbons (Fsp3) is 0.208. The van der Waals surface area contributed by atoms with E-state index in [9.17, 15) is 14.7 Å². The first-order valence-corrected chi connectivity index (χ1v) is 9.89.